The van der Waals surface area contributed by atoms with Crippen molar-refractivity contribution in [3.05, 3.63) is 42.4 Å². The average molecular weight is 313 g/mol. The number of nitrogens with zero attached hydrogens (tertiary/aromatic N) is 3. The van der Waals surface area contributed by atoms with Gasteiger partial charge in [-0.15, -0.1) is 0 Å². The summed E-state index contributed by atoms with van der Waals surface area (Å²) in [5, 5.41) is 11.1. The minimum atomic E-state index is -0.570. The molecule has 1 amide bonds. The Morgan fingerprint density at radius 2 is 2.13 bits per heavy atom. The first-order valence-electron chi connectivity index (χ1n) is 7.97. The number of hydrogen-bond acceptors (Lipinski definition) is 5. The van der Waals surface area contributed by atoms with Crippen LogP contribution in [0.5, 0.6) is 0 Å². The second-order valence-electron chi connectivity index (χ2n) is 6.35. The highest BCUT2D eigenvalue weighted by Gasteiger charge is 2.37. The maximum absolute atomic E-state index is 12.4. The zero-order valence-electron chi connectivity index (χ0n) is 12.8. The summed E-state index contributed by atoms with van der Waals surface area (Å²) in [5.74, 6) is 0.453. The highest BCUT2D eigenvalue weighted by Crippen LogP contribution is 2.29. The Labute approximate surface area is 134 Å². The van der Waals surface area contributed by atoms with E-state index < -0.39 is 5.91 Å². The molecule has 2 aliphatic heterocycles. The van der Waals surface area contributed by atoms with Crippen LogP contribution in [0.15, 0.2) is 40.9 Å². The van der Waals surface area contributed by atoms with Gasteiger partial charge in [0.1, 0.15) is 0 Å². The van der Waals surface area contributed by atoms with E-state index in [0.717, 1.165) is 36.6 Å². The predicted octanol–water partition coefficient (Wildman–Crippen LogP) is 2.27. The zero-order chi connectivity index (χ0) is 15.8. The van der Waals surface area contributed by atoms with Gasteiger partial charge in [-0.1, -0.05) is 30.3 Å². The van der Waals surface area contributed by atoms with E-state index in [1.807, 2.05) is 30.3 Å². The summed E-state index contributed by atoms with van der Waals surface area (Å²) >= 11 is 0. The lowest BCUT2D eigenvalue weighted by molar-refractivity contribution is -0.105. The van der Waals surface area contributed by atoms with Gasteiger partial charge < -0.3 is 9.32 Å². The molecule has 6 heteroatoms. The minimum absolute atomic E-state index is 0.0701. The topological polar surface area (TPSA) is 69.8 Å². The summed E-state index contributed by atoms with van der Waals surface area (Å²) in [4.78, 5) is 18.7. The van der Waals surface area contributed by atoms with Gasteiger partial charge in [0.25, 0.3) is 5.89 Å². The number of hydrogen-bond donors (Lipinski definition) is 1. The number of carbonyl (C=O) groups is 1. The van der Waals surface area contributed by atoms with Gasteiger partial charge in [-0.2, -0.15) is 0 Å². The molecule has 120 valence electrons. The lowest BCUT2D eigenvalue weighted by atomic mass is 9.96. The fraction of sp³-hybridized carbons (Fsp3) is 0.412. The summed E-state index contributed by atoms with van der Waals surface area (Å²) in [5.41, 5.74) is 0.852. The molecule has 1 N–H and O–H groups in total. The van der Waals surface area contributed by atoms with Gasteiger partial charge >= 0.3 is 5.91 Å². The van der Waals surface area contributed by atoms with Gasteiger partial charge in [-0.25, -0.2) is 10.0 Å². The molecular weight excluding hydrogens is 294 g/mol. The summed E-state index contributed by atoms with van der Waals surface area (Å²) in [6.45, 7) is 2.85. The Bertz CT molecular complexity index is 688. The molecule has 4 rings (SSSR count). The van der Waals surface area contributed by atoms with E-state index in [0.29, 0.717) is 18.2 Å². The molecule has 2 fully saturated rings. The van der Waals surface area contributed by atoms with Crippen LogP contribution in [0.2, 0.25) is 0 Å². The fourth-order valence-corrected chi connectivity index (χ4v) is 3.58. The average Bonchev–Trinajstić information content (AvgIpc) is 3.21. The van der Waals surface area contributed by atoms with Crippen LogP contribution >= 0.6 is 0 Å². The van der Waals surface area contributed by atoms with Crippen molar-refractivity contribution in [1.29, 1.82) is 0 Å². The van der Waals surface area contributed by atoms with Crippen molar-refractivity contribution in [2.45, 2.75) is 18.9 Å². The molecular formula is C17H19N3O3. The molecule has 1 unspecified atom stereocenters. The Morgan fingerprint density at radius 1 is 1.30 bits per heavy atom. The number of benzene rings is 1. The van der Waals surface area contributed by atoms with Crippen LogP contribution in [-0.4, -0.2) is 51.7 Å². The van der Waals surface area contributed by atoms with Gasteiger partial charge in [0.15, 0.2) is 5.76 Å². The van der Waals surface area contributed by atoms with Gasteiger partial charge in [0.2, 0.25) is 0 Å². The molecule has 1 aromatic carbocycles. The summed E-state index contributed by atoms with van der Waals surface area (Å²) in [6, 6.07) is 9.28. The van der Waals surface area contributed by atoms with Gasteiger partial charge in [-0.3, -0.25) is 10.0 Å². The number of piperidine rings is 1. The van der Waals surface area contributed by atoms with Gasteiger partial charge in [0, 0.05) is 18.7 Å². The van der Waals surface area contributed by atoms with Crippen LogP contribution in [0.25, 0.3) is 11.3 Å². The SMILES string of the molecule is O=C(c1ncc(-c2ccccc2)o1)N(O)[C@@H]1C[C@H]2CCN(C2)C1. The number of oxazole rings is 1. The number of fused-ring (bicyclic) bond motifs is 2. The number of rotatable bonds is 3. The maximum Gasteiger partial charge on any atom is 0.333 e. The van der Waals surface area contributed by atoms with Crippen molar-refractivity contribution >= 4 is 5.91 Å². The Morgan fingerprint density at radius 3 is 2.91 bits per heavy atom. The molecule has 1 aromatic heterocycles. The van der Waals surface area contributed by atoms with Crippen molar-refractivity contribution in [3.8, 4) is 11.3 Å². The maximum atomic E-state index is 12.4. The largest absolute Gasteiger partial charge is 0.432 e. The van der Waals surface area contributed by atoms with E-state index in [2.05, 4.69) is 9.88 Å². The van der Waals surface area contributed by atoms with E-state index in [9.17, 15) is 10.0 Å². The van der Waals surface area contributed by atoms with Gasteiger partial charge in [-0.05, 0) is 25.3 Å². The predicted molar refractivity (Wildman–Crippen MR) is 82.8 cm³/mol. The molecule has 3 atom stereocenters. The Hall–Kier alpha value is -2.18. The summed E-state index contributed by atoms with van der Waals surface area (Å²) in [6.07, 6.45) is 3.51. The molecule has 2 bridgehead atoms. The van der Waals surface area contributed by atoms with E-state index in [1.54, 1.807) is 0 Å². The summed E-state index contributed by atoms with van der Waals surface area (Å²) in [7, 11) is 0. The third-order valence-corrected chi connectivity index (χ3v) is 4.75. The van der Waals surface area contributed by atoms with Crippen molar-refractivity contribution in [2.75, 3.05) is 19.6 Å². The standard InChI is InChI=1S/C17H19N3O3/c21-17(20(22)14-8-12-6-7-19(10-12)11-14)16-18-9-15(23-16)13-4-2-1-3-5-13/h1-5,9,12,14,22H,6-8,10-11H2/t12-,14-/m1/s1. The molecule has 2 aromatic rings. The van der Waals surface area contributed by atoms with Crippen LogP contribution in [0.4, 0.5) is 0 Å². The first-order valence-corrected chi connectivity index (χ1v) is 7.97. The van der Waals surface area contributed by atoms with Crippen LogP contribution in [0, 0.1) is 5.92 Å². The molecule has 0 radical (unpaired) electrons. The smallest absolute Gasteiger partial charge is 0.333 e. The third-order valence-electron chi connectivity index (χ3n) is 4.75. The van der Waals surface area contributed by atoms with Crippen molar-refractivity contribution in [1.82, 2.24) is 14.9 Å². The lowest BCUT2D eigenvalue weighted by Crippen LogP contribution is -2.48. The lowest BCUT2D eigenvalue weighted by Gasteiger charge is -2.33. The zero-order valence-corrected chi connectivity index (χ0v) is 12.8. The number of amides is 1. The van der Waals surface area contributed by atoms with Crippen LogP contribution in [0.3, 0.4) is 0 Å². The molecule has 23 heavy (non-hydrogen) atoms. The van der Waals surface area contributed by atoms with Crippen LogP contribution in [-0.2, 0) is 0 Å². The van der Waals surface area contributed by atoms with Crippen LogP contribution in [0.1, 0.15) is 23.5 Å². The minimum Gasteiger partial charge on any atom is -0.432 e. The number of hydroxylamine groups is 2. The molecule has 0 saturated carbocycles. The van der Waals surface area contributed by atoms with Crippen molar-refractivity contribution < 1.29 is 14.4 Å². The molecule has 6 nitrogen and oxygen atoms in total. The van der Waals surface area contributed by atoms with Crippen molar-refractivity contribution in [3.63, 3.8) is 0 Å². The molecule has 2 saturated heterocycles. The van der Waals surface area contributed by atoms with E-state index in [-0.39, 0.29) is 11.9 Å². The fourth-order valence-electron chi connectivity index (χ4n) is 3.58. The number of carbonyl (C=O) groups excluding carboxylic acids is 1. The normalized spacial score (nSPS) is 26.2. The van der Waals surface area contributed by atoms with Crippen molar-refractivity contribution in [2.24, 2.45) is 5.92 Å². The molecule has 0 aliphatic carbocycles. The summed E-state index contributed by atoms with van der Waals surface area (Å²) < 4.78 is 5.54. The first-order chi connectivity index (χ1) is 11.2. The highest BCUT2D eigenvalue weighted by atomic mass is 16.5. The number of aromatic nitrogens is 1. The highest BCUT2D eigenvalue weighted by molar-refractivity contribution is 5.89. The Kier molecular flexibility index (Phi) is 3.63. The van der Waals surface area contributed by atoms with E-state index in [1.165, 1.54) is 6.20 Å². The second-order valence-corrected chi connectivity index (χ2v) is 6.35. The third kappa shape index (κ3) is 2.75. The Balaban J connectivity index is 1.49. The van der Waals surface area contributed by atoms with Gasteiger partial charge in [0.05, 0.1) is 12.2 Å². The van der Waals surface area contributed by atoms with E-state index in [4.69, 9.17) is 4.42 Å². The molecule has 2 aliphatic rings. The van der Waals surface area contributed by atoms with Crippen LogP contribution < -0.4 is 0 Å². The molecule has 0 spiro atoms. The first kappa shape index (κ1) is 14.4. The van der Waals surface area contributed by atoms with E-state index >= 15 is 0 Å². The second kappa shape index (κ2) is 5.79. The monoisotopic (exact) mass is 313 g/mol. The molecule has 3 heterocycles. The quantitative estimate of drug-likeness (QED) is 0.695.